The van der Waals surface area contributed by atoms with Gasteiger partial charge in [0, 0.05) is 38.3 Å². The van der Waals surface area contributed by atoms with E-state index in [0.717, 1.165) is 48.9 Å². The summed E-state index contributed by atoms with van der Waals surface area (Å²) in [6.07, 6.45) is 1.52. The third-order valence-electron chi connectivity index (χ3n) is 6.11. The molecule has 0 unspecified atom stereocenters. The van der Waals surface area contributed by atoms with Crippen molar-refractivity contribution in [3.63, 3.8) is 0 Å². The summed E-state index contributed by atoms with van der Waals surface area (Å²) in [6.45, 7) is 5.04. The van der Waals surface area contributed by atoms with E-state index in [1.165, 1.54) is 23.9 Å². The van der Waals surface area contributed by atoms with Gasteiger partial charge < -0.3 is 10.6 Å². The van der Waals surface area contributed by atoms with E-state index in [-0.39, 0.29) is 23.0 Å². The Morgan fingerprint density at radius 2 is 1.80 bits per heavy atom. The van der Waals surface area contributed by atoms with Crippen molar-refractivity contribution in [3.05, 3.63) is 76.3 Å². The number of nitrogen functional groups attached to an aromatic ring is 1. The van der Waals surface area contributed by atoms with Gasteiger partial charge in [-0.1, -0.05) is 30.3 Å². The third kappa shape index (κ3) is 4.55. The fourth-order valence-electron chi connectivity index (χ4n) is 4.09. The SMILES string of the molecule is CN1CCN(Cc2ccc(-c3cnc(N)c(-c4n[nH]c(=O)n4-c4cccc(F)c4F)n3)cc2)CC1. The van der Waals surface area contributed by atoms with Crippen LogP contribution >= 0.6 is 0 Å². The lowest BCUT2D eigenvalue weighted by Gasteiger charge is -2.32. The Bertz CT molecular complexity index is 1410. The molecule has 11 heteroatoms. The van der Waals surface area contributed by atoms with E-state index in [1.54, 1.807) is 0 Å². The molecule has 1 fully saturated rings. The molecule has 4 aromatic rings. The number of piperazine rings is 1. The van der Waals surface area contributed by atoms with Crippen molar-refractivity contribution in [2.75, 3.05) is 39.0 Å². The second-order valence-electron chi connectivity index (χ2n) is 8.53. The first-order valence-corrected chi connectivity index (χ1v) is 11.2. The fraction of sp³-hybridized carbons (Fsp3) is 0.250. The number of likely N-dealkylation sites (N-methyl/N-ethyl adjacent to an activating group) is 1. The lowest BCUT2D eigenvalue weighted by molar-refractivity contribution is 0.148. The Kier molecular flexibility index (Phi) is 6.10. The normalized spacial score (nSPS) is 14.9. The van der Waals surface area contributed by atoms with E-state index in [2.05, 4.69) is 37.0 Å². The Balaban J connectivity index is 1.46. The first-order chi connectivity index (χ1) is 16.9. The van der Waals surface area contributed by atoms with Crippen molar-refractivity contribution < 1.29 is 8.78 Å². The van der Waals surface area contributed by atoms with Crippen LogP contribution in [-0.4, -0.2) is 67.8 Å². The molecule has 2 aromatic heterocycles. The van der Waals surface area contributed by atoms with Crippen LogP contribution in [-0.2, 0) is 6.54 Å². The van der Waals surface area contributed by atoms with Crippen LogP contribution in [0.1, 0.15) is 5.56 Å². The highest BCUT2D eigenvalue weighted by Gasteiger charge is 2.22. The van der Waals surface area contributed by atoms with Crippen molar-refractivity contribution in [3.8, 4) is 28.5 Å². The smallest absolute Gasteiger partial charge is 0.348 e. The number of aromatic nitrogens is 5. The van der Waals surface area contributed by atoms with Crippen molar-refractivity contribution in [2.24, 2.45) is 0 Å². The number of anilines is 1. The summed E-state index contributed by atoms with van der Waals surface area (Å²) < 4.78 is 29.2. The Labute approximate surface area is 199 Å². The van der Waals surface area contributed by atoms with Gasteiger partial charge in [0.05, 0.1) is 17.6 Å². The van der Waals surface area contributed by atoms with Crippen LogP contribution in [0.25, 0.3) is 28.5 Å². The van der Waals surface area contributed by atoms with Crippen LogP contribution in [0.15, 0.2) is 53.5 Å². The standard InChI is InChI=1S/C24H24F2N8O/c1-32-9-11-33(12-10-32)14-15-5-7-16(8-6-15)18-13-28-22(27)21(29-18)23-30-31-24(35)34(23)19-4-2-3-17(25)20(19)26/h2-8,13H,9-12,14H2,1H3,(H2,27,28)(H,31,35). The lowest BCUT2D eigenvalue weighted by atomic mass is 10.1. The first kappa shape index (κ1) is 22.8. The van der Waals surface area contributed by atoms with Gasteiger partial charge in [-0.15, -0.1) is 0 Å². The van der Waals surface area contributed by atoms with E-state index in [4.69, 9.17) is 5.73 Å². The van der Waals surface area contributed by atoms with E-state index in [0.29, 0.717) is 5.69 Å². The summed E-state index contributed by atoms with van der Waals surface area (Å²) in [5.41, 5.74) is 7.53. The van der Waals surface area contributed by atoms with Crippen molar-refractivity contribution in [1.82, 2.24) is 34.5 Å². The highest BCUT2D eigenvalue weighted by Crippen LogP contribution is 2.27. The molecule has 1 saturated heterocycles. The predicted octanol–water partition coefficient (Wildman–Crippen LogP) is 2.29. The highest BCUT2D eigenvalue weighted by atomic mass is 19.2. The zero-order chi connectivity index (χ0) is 24.5. The molecule has 1 aliphatic heterocycles. The molecule has 0 spiro atoms. The number of hydrogen-bond donors (Lipinski definition) is 2. The molecule has 9 nitrogen and oxygen atoms in total. The molecule has 35 heavy (non-hydrogen) atoms. The molecule has 3 heterocycles. The summed E-state index contributed by atoms with van der Waals surface area (Å²) in [7, 11) is 2.13. The maximum absolute atomic E-state index is 14.5. The minimum atomic E-state index is -1.18. The number of rotatable bonds is 5. The number of nitrogens with zero attached hydrogens (tertiary/aromatic N) is 6. The van der Waals surface area contributed by atoms with Gasteiger partial charge in [0.2, 0.25) is 0 Å². The number of H-pyrrole nitrogens is 1. The Hall–Kier alpha value is -3.96. The molecule has 3 N–H and O–H groups in total. The topological polar surface area (TPSA) is 109 Å². The lowest BCUT2D eigenvalue weighted by Crippen LogP contribution is -2.43. The van der Waals surface area contributed by atoms with Crippen molar-refractivity contribution in [1.29, 1.82) is 0 Å². The summed E-state index contributed by atoms with van der Waals surface area (Å²) in [4.78, 5) is 25.9. The first-order valence-electron chi connectivity index (χ1n) is 11.2. The van der Waals surface area contributed by atoms with Crippen LogP contribution in [0.3, 0.4) is 0 Å². The van der Waals surface area contributed by atoms with Crippen molar-refractivity contribution >= 4 is 5.82 Å². The molecule has 0 aliphatic carbocycles. The number of hydrogen-bond acceptors (Lipinski definition) is 7. The molecule has 0 bridgehead atoms. The molecule has 0 radical (unpaired) electrons. The van der Waals surface area contributed by atoms with Crippen molar-refractivity contribution in [2.45, 2.75) is 6.54 Å². The van der Waals surface area contributed by atoms with Gasteiger partial charge in [0.15, 0.2) is 29.0 Å². The van der Waals surface area contributed by atoms with Gasteiger partial charge in [-0.25, -0.2) is 33.2 Å². The maximum atomic E-state index is 14.5. The van der Waals surface area contributed by atoms with E-state index in [1.807, 2.05) is 24.3 Å². The number of halogens is 2. The number of benzene rings is 2. The average Bonchev–Trinajstić information content (AvgIpc) is 3.24. The molecular weight excluding hydrogens is 454 g/mol. The summed E-state index contributed by atoms with van der Waals surface area (Å²) in [5.74, 6) is -2.35. The average molecular weight is 479 g/mol. The second kappa shape index (κ2) is 9.35. The summed E-state index contributed by atoms with van der Waals surface area (Å²) in [6, 6.07) is 11.5. The third-order valence-corrected chi connectivity index (χ3v) is 6.11. The van der Waals surface area contributed by atoms with Crippen LogP contribution in [0.4, 0.5) is 14.6 Å². The van der Waals surface area contributed by atoms with Crippen LogP contribution < -0.4 is 11.4 Å². The zero-order valence-corrected chi connectivity index (χ0v) is 19.1. The van der Waals surface area contributed by atoms with Gasteiger partial charge in [0.25, 0.3) is 0 Å². The van der Waals surface area contributed by atoms with Crippen LogP contribution in [0.2, 0.25) is 0 Å². The Morgan fingerprint density at radius 3 is 2.54 bits per heavy atom. The van der Waals surface area contributed by atoms with Gasteiger partial charge in [-0.3, -0.25) is 4.90 Å². The zero-order valence-electron chi connectivity index (χ0n) is 19.1. The maximum Gasteiger partial charge on any atom is 0.348 e. The summed E-state index contributed by atoms with van der Waals surface area (Å²) in [5, 5.41) is 6.21. The predicted molar refractivity (Wildman–Crippen MR) is 128 cm³/mol. The minimum Gasteiger partial charge on any atom is -0.382 e. The van der Waals surface area contributed by atoms with E-state index in [9.17, 15) is 13.6 Å². The van der Waals surface area contributed by atoms with Crippen LogP contribution in [0.5, 0.6) is 0 Å². The quantitative estimate of drug-likeness (QED) is 0.453. The number of nitrogens with one attached hydrogen (secondary N) is 1. The Morgan fingerprint density at radius 1 is 1.06 bits per heavy atom. The number of aromatic amines is 1. The fourth-order valence-corrected chi connectivity index (χ4v) is 4.09. The largest absolute Gasteiger partial charge is 0.382 e. The molecule has 0 atom stereocenters. The van der Waals surface area contributed by atoms with E-state index < -0.39 is 17.3 Å². The van der Waals surface area contributed by atoms with Gasteiger partial charge in [-0.05, 0) is 24.7 Å². The monoisotopic (exact) mass is 478 g/mol. The molecule has 0 saturated carbocycles. The van der Waals surface area contributed by atoms with Gasteiger partial charge >= 0.3 is 5.69 Å². The van der Waals surface area contributed by atoms with Gasteiger partial charge in [0.1, 0.15) is 0 Å². The molecule has 180 valence electrons. The molecular formula is C24H24F2N8O. The van der Waals surface area contributed by atoms with Gasteiger partial charge in [-0.2, -0.15) is 5.10 Å². The van der Waals surface area contributed by atoms with Crippen LogP contribution in [0, 0.1) is 11.6 Å². The number of nitrogens with two attached hydrogens (primary N) is 1. The molecule has 2 aromatic carbocycles. The molecule has 1 aliphatic rings. The van der Waals surface area contributed by atoms with E-state index >= 15 is 0 Å². The molecule has 5 rings (SSSR count). The highest BCUT2D eigenvalue weighted by molar-refractivity contribution is 5.70. The molecule has 0 amide bonds. The minimum absolute atomic E-state index is 0.00232. The summed E-state index contributed by atoms with van der Waals surface area (Å²) >= 11 is 0. The second-order valence-corrected chi connectivity index (χ2v) is 8.53.